The molecule has 1 heterocycles. The maximum absolute atomic E-state index is 12.3. The Morgan fingerprint density at radius 3 is 2.64 bits per heavy atom. The molecular weight excluding hydrogens is 276 g/mol. The van der Waals surface area contributed by atoms with E-state index >= 15 is 0 Å². The molecule has 1 fully saturated rings. The number of ether oxygens (including phenoxy) is 1. The van der Waals surface area contributed by atoms with Gasteiger partial charge in [-0.1, -0.05) is 31.2 Å². The second-order valence-electron chi connectivity index (χ2n) is 6.67. The number of carbonyl (C=O) groups is 1. The summed E-state index contributed by atoms with van der Waals surface area (Å²) in [7, 11) is 0. The van der Waals surface area contributed by atoms with Gasteiger partial charge < -0.3 is 10.1 Å². The molecule has 1 aromatic carbocycles. The molecule has 4 heteroatoms. The van der Waals surface area contributed by atoms with Crippen molar-refractivity contribution in [2.45, 2.75) is 45.7 Å². The molecule has 0 saturated carbocycles. The first-order valence-corrected chi connectivity index (χ1v) is 8.13. The Labute approximate surface area is 133 Å². The van der Waals surface area contributed by atoms with Crippen molar-refractivity contribution >= 4 is 5.91 Å². The van der Waals surface area contributed by atoms with Crippen LogP contribution in [0.3, 0.4) is 0 Å². The quantitative estimate of drug-likeness (QED) is 0.909. The number of rotatable bonds is 5. The van der Waals surface area contributed by atoms with Crippen molar-refractivity contribution in [1.29, 1.82) is 0 Å². The van der Waals surface area contributed by atoms with E-state index in [0.717, 1.165) is 18.5 Å². The fourth-order valence-electron chi connectivity index (χ4n) is 2.77. The van der Waals surface area contributed by atoms with Gasteiger partial charge in [0.05, 0.1) is 25.8 Å². The van der Waals surface area contributed by atoms with E-state index in [-0.39, 0.29) is 17.5 Å². The van der Waals surface area contributed by atoms with Gasteiger partial charge in [-0.3, -0.25) is 9.69 Å². The normalized spacial score (nSPS) is 19.6. The van der Waals surface area contributed by atoms with Gasteiger partial charge in [0.2, 0.25) is 5.91 Å². The van der Waals surface area contributed by atoms with Crippen LogP contribution in [0.5, 0.6) is 0 Å². The van der Waals surface area contributed by atoms with Gasteiger partial charge in [0, 0.05) is 12.1 Å². The highest BCUT2D eigenvalue weighted by atomic mass is 16.5. The van der Waals surface area contributed by atoms with Gasteiger partial charge in [0.25, 0.3) is 0 Å². The highest BCUT2D eigenvalue weighted by Gasteiger charge is 2.31. The Hall–Kier alpha value is -1.39. The van der Waals surface area contributed by atoms with Crippen molar-refractivity contribution in [2.75, 3.05) is 26.3 Å². The first-order chi connectivity index (χ1) is 10.4. The standard InChI is InChI=1S/C18H28N2O2/c1-5-15-6-8-16(9-7-15)14(2)19-17(21)12-20-10-11-22-13-18(20,3)4/h6-9,14H,5,10-13H2,1-4H3,(H,19,21)/t14-/m1/s1. The second kappa shape index (κ2) is 7.25. The van der Waals surface area contributed by atoms with E-state index in [9.17, 15) is 4.79 Å². The summed E-state index contributed by atoms with van der Waals surface area (Å²) in [5.41, 5.74) is 2.38. The maximum Gasteiger partial charge on any atom is 0.234 e. The number of nitrogens with zero attached hydrogens (tertiary/aromatic N) is 1. The fraction of sp³-hybridized carbons (Fsp3) is 0.611. The van der Waals surface area contributed by atoms with Gasteiger partial charge in [0.1, 0.15) is 0 Å². The molecule has 0 aromatic heterocycles. The third kappa shape index (κ3) is 4.31. The number of aryl methyl sites for hydroxylation is 1. The molecule has 0 bridgehead atoms. The summed E-state index contributed by atoms with van der Waals surface area (Å²) in [6.07, 6.45) is 1.03. The minimum absolute atomic E-state index is 0.0301. The van der Waals surface area contributed by atoms with E-state index in [4.69, 9.17) is 4.74 Å². The molecule has 0 aliphatic carbocycles. The lowest BCUT2D eigenvalue weighted by atomic mass is 10.0. The minimum atomic E-state index is -0.0817. The number of morpholine rings is 1. The largest absolute Gasteiger partial charge is 0.378 e. The lowest BCUT2D eigenvalue weighted by molar-refractivity contribution is -0.127. The first-order valence-electron chi connectivity index (χ1n) is 8.13. The van der Waals surface area contributed by atoms with Crippen molar-refractivity contribution in [2.24, 2.45) is 0 Å². The molecule has 1 saturated heterocycles. The summed E-state index contributed by atoms with van der Waals surface area (Å²) in [6.45, 7) is 11.0. The van der Waals surface area contributed by atoms with Gasteiger partial charge in [-0.05, 0) is 38.3 Å². The van der Waals surface area contributed by atoms with Crippen molar-refractivity contribution in [3.05, 3.63) is 35.4 Å². The van der Waals surface area contributed by atoms with Crippen molar-refractivity contribution in [1.82, 2.24) is 10.2 Å². The molecule has 122 valence electrons. The van der Waals surface area contributed by atoms with E-state index in [1.54, 1.807) is 0 Å². The molecule has 0 spiro atoms. The highest BCUT2D eigenvalue weighted by Crippen LogP contribution is 2.19. The lowest BCUT2D eigenvalue weighted by Gasteiger charge is -2.41. The van der Waals surface area contributed by atoms with E-state index in [2.05, 4.69) is 55.3 Å². The summed E-state index contributed by atoms with van der Waals surface area (Å²) in [4.78, 5) is 14.5. The summed E-state index contributed by atoms with van der Waals surface area (Å²) < 4.78 is 5.50. The van der Waals surface area contributed by atoms with Crippen LogP contribution in [0.15, 0.2) is 24.3 Å². The van der Waals surface area contributed by atoms with Crippen molar-refractivity contribution < 1.29 is 9.53 Å². The van der Waals surface area contributed by atoms with Crippen LogP contribution in [0, 0.1) is 0 Å². The zero-order chi connectivity index (χ0) is 16.2. The summed E-state index contributed by atoms with van der Waals surface area (Å²) in [6, 6.07) is 8.49. The Morgan fingerprint density at radius 2 is 2.05 bits per heavy atom. The van der Waals surface area contributed by atoms with E-state index < -0.39 is 0 Å². The predicted octanol–water partition coefficient (Wildman–Crippen LogP) is 2.54. The van der Waals surface area contributed by atoms with E-state index in [0.29, 0.717) is 19.8 Å². The molecule has 1 N–H and O–H groups in total. The number of hydrogen-bond acceptors (Lipinski definition) is 3. The molecule has 1 aromatic rings. The molecule has 2 rings (SSSR count). The predicted molar refractivity (Wildman–Crippen MR) is 88.8 cm³/mol. The topological polar surface area (TPSA) is 41.6 Å². The Kier molecular flexibility index (Phi) is 5.59. The second-order valence-corrected chi connectivity index (χ2v) is 6.67. The number of nitrogens with one attached hydrogen (secondary N) is 1. The molecule has 1 aliphatic heterocycles. The van der Waals surface area contributed by atoms with Gasteiger partial charge in [0.15, 0.2) is 0 Å². The van der Waals surface area contributed by atoms with Gasteiger partial charge in [-0.15, -0.1) is 0 Å². The van der Waals surface area contributed by atoms with E-state index in [1.807, 2.05) is 6.92 Å². The van der Waals surface area contributed by atoms with Crippen molar-refractivity contribution in [3.8, 4) is 0 Å². The summed E-state index contributed by atoms with van der Waals surface area (Å²) in [5, 5.41) is 3.10. The Bertz CT molecular complexity index is 496. The third-order valence-electron chi connectivity index (χ3n) is 4.42. The average Bonchev–Trinajstić information content (AvgIpc) is 2.49. The number of benzene rings is 1. The van der Waals surface area contributed by atoms with Crippen LogP contribution >= 0.6 is 0 Å². The van der Waals surface area contributed by atoms with Crippen LogP contribution in [-0.4, -0.2) is 42.6 Å². The fourth-order valence-corrected chi connectivity index (χ4v) is 2.77. The number of amides is 1. The average molecular weight is 304 g/mol. The van der Waals surface area contributed by atoms with Gasteiger partial charge >= 0.3 is 0 Å². The van der Waals surface area contributed by atoms with Gasteiger partial charge in [-0.2, -0.15) is 0 Å². The Balaban J connectivity index is 1.90. The molecule has 22 heavy (non-hydrogen) atoms. The zero-order valence-electron chi connectivity index (χ0n) is 14.2. The summed E-state index contributed by atoms with van der Waals surface area (Å²) >= 11 is 0. The SMILES string of the molecule is CCc1ccc([C@@H](C)NC(=O)CN2CCOCC2(C)C)cc1. The molecule has 0 unspecified atom stereocenters. The van der Waals surface area contributed by atoms with Crippen LogP contribution in [0.25, 0.3) is 0 Å². The van der Waals surface area contributed by atoms with Crippen molar-refractivity contribution in [3.63, 3.8) is 0 Å². The molecular formula is C18H28N2O2. The zero-order valence-corrected chi connectivity index (χ0v) is 14.2. The van der Waals surface area contributed by atoms with Crippen LogP contribution in [-0.2, 0) is 16.0 Å². The van der Waals surface area contributed by atoms with Crippen LogP contribution in [0.2, 0.25) is 0 Å². The molecule has 4 nitrogen and oxygen atoms in total. The lowest BCUT2D eigenvalue weighted by Crippen LogP contribution is -2.55. The highest BCUT2D eigenvalue weighted by molar-refractivity contribution is 5.78. The Morgan fingerprint density at radius 1 is 1.36 bits per heavy atom. The molecule has 0 radical (unpaired) electrons. The summed E-state index contributed by atoms with van der Waals surface area (Å²) in [5.74, 6) is 0.0713. The molecule has 1 atom stereocenters. The van der Waals surface area contributed by atoms with Crippen LogP contribution in [0.4, 0.5) is 0 Å². The smallest absolute Gasteiger partial charge is 0.234 e. The minimum Gasteiger partial charge on any atom is -0.378 e. The molecule has 1 aliphatic rings. The van der Waals surface area contributed by atoms with Crippen LogP contribution in [0.1, 0.15) is 44.9 Å². The van der Waals surface area contributed by atoms with Crippen LogP contribution < -0.4 is 5.32 Å². The number of hydrogen-bond donors (Lipinski definition) is 1. The van der Waals surface area contributed by atoms with Gasteiger partial charge in [-0.25, -0.2) is 0 Å². The monoisotopic (exact) mass is 304 g/mol. The maximum atomic E-state index is 12.3. The van der Waals surface area contributed by atoms with E-state index in [1.165, 1.54) is 5.56 Å². The molecule has 1 amide bonds. The number of carbonyl (C=O) groups excluding carboxylic acids is 1. The first kappa shape index (κ1) is 17.0. The third-order valence-corrected chi connectivity index (χ3v) is 4.42.